The standard InChI is InChI=1S/C15H30N2O2/c1-4-11-19-14-7-6-10-17(12-14)15(18)8-5-9-16-13(2)3/h13-14,16H,4-12H2,1-3H3. The molecule has 1 unspecified atom stereocenters. The lowest BCUT2D eigenvalue weighted by atomic mass is 10.1. The van der Waals surface area contributed by atoms with Crippen LogP contribution < -0.4 is 5.32 Å². The van der Waals surface area contributed by atoms with Crippen LogP contribution in [0.4, 0.5) is 0 Å². The van der Waals surface area contributed by atoms with Crippen molar-refractivity contribution in [1.29, 1.82) is 0 Å². The molecule has 1 rings (SSSR count). The zero-order chi connectivity index (χ0) is 14.1. The molecular formula is C15H30N2O2. The number of likely N-dealkylation sites (tertiary alicyclic amines) is 1. The lowest BCUT2D eigenvalue weighted by Crippen LogP contribution is -2.43. The maximum Gasteiger partial charge on any atom is 0.222 e. The molecule has 1 amide bonds. The van der Waals surface area contributed by atoms with E-state index in [4.69, 9.17) is 4.74 Å². The molecule has 1 aliphatic heterocycles. The Bertz CT molecular complexity index is 257. The molecule has 1 N–H and O–H groups in total. The third kappa shape index (κ3) is 6.92. The SMILES string of the molecule is CCCOC1CCCN(C(=O)CCCNC(C)C)C1. The van der Waals surface area contributed by atoms with Crippen molar-refractivity contribution in [2.24, 2.45) is 0 Å². The van der Waals surface area contributed by atoms with E-state index in [0.717, 1.165) is 51.9 Å². The summed E-state index contributed by atoms with van der Waals surface area (Å²) in [4.78, 5) is 14.1. The van der Waals surface area contributed by atoms with Crippen molar-refractivity contribution in [3.05, 3.63) is 0 Å². The van der Waals surface area contributed by atoms with Gasteiger partial charge >= 0.3 is 0 Å². The van der Waals surface area contributed by atoms with Crippen LogP contribution in [0.3, 0.4) is 0 Å². The van der Waals surface area contributed by atoms with Gasteiger partial charge in [0.25, 0.3) is 0 Å². The summed E-state index contributed by atoms with van der Waals surface area (Å²) in [7, 11) is 0. The monoisotopic (exact) mass is 270 g/mol. The first-order chi connectivity index (χ1) is 9.13. The van der Waals surface area contributed by atoms with Gasteiger partial charge in [-0.15, -0.1) is 0 Å². The largest absolute Gasteiger partial charge is 0.376 e. The van der Waals surface area contributed by atoms with Crippen molar-refractivity contribution in [2.45, 2.75) is 65.0 Å². The van der Waals surface area contributed by atoms with E-state index >= 15 is 0 Å². The fourth-order valence-electron chi connectivity index (χ4n) is 2.37. The highest BCUT2D eigenvalue weighted by atomic mass is 16.5. The van der Waals surface area contributed by atoms with Gasteiger partial charge in [-0.05, 0) is 32.2 Å². The molecule has 19 heavy (non-hydrogen) atoms. The van der Waals surface area contributed by atoms with Gasteiger partial charge in [0.15, 0.2) is 0 Å². The van der Waals surface area contributed by atoms with E-state index in [0.29, 0.717) is 12.5 Å². The summed E-state index contributed by atoms with van der Waals surface area (Å²) in [5.41, 5.74) is 0. The Hall–Kier alpha value is -0.610. The second kappa shape index (κ2) is 9.32. The molecule has 0 aliphatic carbocycles. The summed E-state index contributed by atoms with van der Waals surface area (Å²) in [6.07, 6.45) is 5.05. The lowest BCUT2D eigenvalue weighted by molar-refractivity contribution is -0.135. The minimum Gasteiger partial charge on any atom is -0.376 e. The van der Waals surface area contributed by atoms with Gasteiger partial charge in [-0.1, -0.05) is 20.8 Å². The Kier molecular flexibility index (Phi) is 8.07. The topological polar surface area (TPSA) is 41.6 Å². The minimum atomic E-state index is 0.256. The maximum atomic E-state index is 12.1. The molecule has 4 heteroatoms. The van der Waals surface area contributed by atoms with Gasteiger partial charge in [0.2, 0.25) is 5.91 Å². The van der Waals surface area contributed by atoms with Crippen LogP contribution in [0.2, 0.25) is 0 Å². The van der Waals surface area contributed by atoms with E-state index < -0.39 is 0 Å². The molecule has 0 aromatic heterocycles. The molecule has 1 saturated heterocycles. The molecule has 0 bridgehead atoms. The number of hydrogen-bond donors (Lipinski definition) is 1. The molecule has 1 aliphatic rings. The third-order valence-electron chi connectivity index (χ3n) is 3.41. The highest BCUT2D eigenvalue weighted by Gasteiger charge is 2.23. The number of amides is 1. The number of rotatable bonds is 8. The van der Waals surface area contributed by atoms with Crippen molar-refractivity contribution in [3.8, 4) is 0 Å². The molecule has 1 heterocycles. The number of ether oxygens (including phenoxy) is 1. The summed E-state index contributed by atoms with van der Waals surface area (Å²) < 4.78 is 5.76. The number of carbonyl (C=O) groups is 1. The van der Waals surface area contributed by atoms with Crippen LogP contribution >= 0.6 is 0 Å². The van der Waals surface area contributed by atoms with Gasteiger partial charge in [0.05, 0.1) is 6.10 Å². The van der Waals surface area contributed by atoms with Crippen LogP contribution in [-0.4, -0.2) is 49.2 Å². The van der Waals surface area contributed by atoms with E-state index in [1.165, 1.54) is 0 Å². The molecule has 0 aromatic rings. The van der Waals surface area contributed by atoms with Gasteiger partial charge in [-0.3, -0.25) is 4.79 Å². The predicted octanol–water partition coefficient (Wildman–Crippen LogP) is 2.18. The average molecular weight is 270 g/mol. The fraction of sp³-hybridized carbons (Fsp3) is 0.933. The van der Waals surface area contributed by atoms with Gasteiger partial charge in [-0.2, -0.15) is 0 Å². The zero-order valence-corrected chi connectivity index (χ0v) is 12.8. The first-order valence-corrected chi connectivity index (χ1v) is 7.76. The van der Waals surface area contributed by atoms with Crippen molar-refractivity contribution in [1.82, 2.24) is 10.2 Å². The number of nitrogens with zero attached hydrogens (tertiary/aromatic N) is 1. The highest BCUT2D eigenvalue weighted by Crippen LogP contribution is 2.14. The quantitative estimate of drug-likeness (QED) is 0.687. The van der Waals surface area contributed by atoms with Crippen LogP contribution in [0.1, 0.15) is 52.9 Å². The number of carbonyl (C=O) groups excluding carboxylic acids is 1. The molecule has 1 atom stereocenters. The summed E-state index contributed by atoms with van der Waals surface area (Å²) in [6, 6.07) is 0.497. The van der Waals surface area contributed by atoms with Crippen molar-refractivity contribution in [3.63, 3.8) is 0 Å². The number of nitrogens with one attached hydrogen (secondary N) is 1. The molecule has 0 aromatic carbocycles. The molecule has 4 nitrogen and oxygen atoms in total. The summed E-state index contributed by atoms with van der Waals surface area (Å²) in [5, 5.41) is 3.35. The molecule has 1 fully saturated rings. The molecule has 0 radical (unpaired) electrons. The van der Waals surface area contributed by atoms with E-state index in [1.807, 2.05) is 4.90 Å². The summed E-state index contributed by atoms with van der Waals surface area (Å²) >= 11 is 0. The first-order valence-electron chi connectivity index (χ1n) is 7.76. The Morgan fingerprint density at radius 2 is 2.26 bits per heavy atom. The fourth-order valence-corrected chi connectivity index (χ4v) is 2.37. The van der Waals surface area contributed by atoms with Gasteiger partial charge in [-0.25, -0.2) is 0 Å². The van der Waals surface area contributed by atoms with Crippen LogP contribution in [0.15, 0.2) is 0 Å². The Morgan fingerprint density at radius 3 is 2.95 bits per heavy atom. The Morgan fingerprint density at radius 1 is 1.47 bits per heavy atom. The van der Waals surface area contributed by atoms with Gasteiger partial charge < -0.3 is 15.0 Å². The number of piperidine rings is 1. The van der Waals surface area contributed by atoms with Crippen LogP contribution in [0, 0.1) is 0 Å². The van der Waals surface area contributed by atoms with Crippen LogP contribution in [0.5, 0.6) is 0 Å². The van der Waals surface area contributed by atoms with Crippen LogP contribution in [0.25, 0.3) is 0 Å². The first kappa shape index (κ1) is 16.4. The molecular weight excluding hydrogens is 240 g/mol. The van der Waals surface area contributed by atoms with Gasteiger partial charge in [0, 0.05) is 32.2 Å². The summed E-state index contributed by atoms with van der Waals surface area (Å²) in [6.45, 7) is 9.80. The predicted molar refractivity (Wildman–Crippen MR) is 78.2 cm³/mol. The minimum absolute atomic E-state index is 0.256. The maximum absolute atomic E-state index is 12.1. The summed E-state index contributed by atoms with van der Waals surface area (Å²) in [5.74, 6) is 0.287. The van der Waals surface area contributed by atoms with E-state index in [2.05, 4.69) is 26.1 Å². The number of hydrogen-bond acceptors (Lipinski definition) is 3. The normalized spacial score (nSPS) is 20.0. The Balaban J connectivity index is 2.20. The molecule has 0 saturated carbocycles. The van der Waals surface area contributed by atoms with Crippen molar-refractivity contribution < 1.29 is 9.53 Å². The van der Waals surface area contributed by atoms with E-state index in [9.17, 15) is 4.79 Å². The Labute approximate surface area is 117 Å². The second-order valence-electron chi connectivity index (χ2n) is 5.69. The lowest BCUT2D eigenvalue weighted by Gasteiger charge is -2.32. The highest BCUT2D eigenvalue weighted by molar-refractivity contribution is 5.76. The van der Waals surface area contributed by atoms with E-state index in [1.54, 1.807) is 0 Å². The van der Waals surface area contributed by atoms with Gasteiger partial charge in [0.1, 0.15) is 0 Å². The smallest absolute Gasteiger partial charge is 0.222 e. The molecule has 112 valence electrons. The van der Waals surface area contributed by atoms with E-state index in [-0.39, 0.29) is 12.0 Å². The second-order valence-corrected chi connectivity index (χ2v) is 5.69. The molecule has 0 spiro atoms. The van der Waals surface area contributed by atoms with Crippen molar-refractivity contribution >= 4 is 5.91 Å². The zero-order valence-electron chi connectivity index (χ0n) is 12.8. The third-order valence-corrected chi connectivity index (χ3v) is 3.41. The van der Waals surface area contributed by atoms with Crippen molar-refractivity contribution in [2.75, 3.05) is 26.2 Å². The average Bonchev–Trinajstić information content (AvgIpc) is 2.41. The van der Waals surface area contributed by atoms with Crippen LogP contribution in [-0.2, 0) is 9.53 Å².